The van der Waals surface area contributed by atoms with Gasteiger partial charge in [-0.1, -0.05) is 11.6 Å². The number of rotatable bonds is 5. The number of piperidine rings is 1. The Kier molecular flexibility index (Phi) is 6.00. The number of aromatic nitrogens is 1. The summed E-state index contributed by atoms with van der Waals surface area (Å²) in [7, 11) is -3.70. The molecule has 8 nitrogen and oxygen atoms in total. The monoisotopic (exact) mass is 505 g/mol. The molecular weight excluding hydrogens is 486 g/mol. The van der Waals surface area contributed by atoms with E-state index in [0.29, 0.717) is 46.7 Å². The van der Waals surface area contributed by atoms with Gasteiger partial charge in [0.15, 0.2) is 16.6 Å². The first-order valence-corrected chi connectivity index (χ1v) is 13.0. The Morgan fingerprint density at radius 1 is 1.15 bits per heavy atom. The molecule has 2 aromatic carbocycles. The molecule has 0 radical (unpaired) electrons. The highest BCUT2D eigenvalue weighted by Crippen LogP contribution is 2.36. The van der Waals surface area contributed by atoms with Gasteiger partial charge < -0.3 is 14.8 Å². The first-order valence-electron chi connectivity index (χ1n) is 10.3. The van der Waals surface area contributed by atoms with Crippen LogP contribution in [0.5, 0.6) is 11.5 Å². The van der Waals surface area contributed by atoms with Crippen molar-refractivity contribution in [1.29, 1.82) is 0 Å². The van der Waals surface area contributed by atoms with Crippen molar-refractivity contribution in [3.63, 3.8) is 0 Å². The number of hydrogen-bond donors (Lipinski definition) is 1. The van der Waals surface area contributed by atoms with Gasteiger partial charge in [0.05, 0.1) is 16.5 Å². The standard InChI is InChI=1S/C22H20ClN3O5S2/c23-16-4-6-17(7-5-16)33(28,29)26-9-1-2-15(11-26)21(27)25-22-24-18(12-32-22)14-3-8-19-20(10-14)31-13-30-19/h3-8,10,12,15H,1-2,9,11,13H2,(H,24,25,27). The van der Waals surface area contributed by atoms with E-state index >= 15 is 0 Å². The highest BCUT2D eigenvalue weighted by atomic mass is 35.5. The molecule has 1 atom stereocenters. The van der Waals surface area contributed by atoms with Crippen LogP contribution in [0.3, 0.4) is 0 Å². The minimum Gasteiger partial charge on any atom is -0.454 e. The lowest BCUT2D eigenvalue weighted by molar-refractivity contribution is -0.120. The average Bonchev–Trinajstić information content (AvgIpc) is 3.48. The molecule has 1 amide bonds. The van der Waals surface area contributed by atoms with E-state index < -0.39 is 15.9 Å². The number of amides is 1. The van der Waals surface area contributed by atoms with E-state index in [4.69, 9.17) is 21.1 Å². The number of fused-ring (bicyclic) bond motifs is 1. The maximum Gasteiger partial charge on any atom is 0.243 e. The van der Waals surface area contributed by atoms with Crippen LogP contribution in [0.15, 0.2) is 52.7 Å². The van der Waals surface area contributed by atoms with Crippen molar-refractivity contribution < 1.29 is 22.7 Å². The van der Waals surface area contributed by atoms with Crippen molar-refractivity contribution in [2.24, 2.45) is 5.92 Å². The first-order chi connectivity index (χ1) is 15.9. The minimum absolute atomic E-state index is 0.122. The molecule has 2 aliphatic heterocycles. The smallest absolute Gasteiger partial charge is 0.243 e. The number of nitrogens with zero attached hydrogens (tertiary/aromatic N) is 2. The van der Waals surface area contributed by atoms with Gasteiger partial charge in [-0.05, 0) is 55.3 Å². The summed E-state index contributed by atoms with van der Waals surface area (Å²) in [6.07, 6.45) is 1.21. The number of ether oxygens (including phenoxy) is 2. The fourth-order valence-electron chi connectivity index (χ4n) is 3.86. The van der Waals surface area contributed by atoms with Crippen molar-refractivity contribution in [1.82, 2.24) is 9.29 Å². The Morgan fingerprint density at radius 2 is 1.94 bits per heavy atom. The van der Waals surface area contributed by atoms with Gasteiger partial charge in [0.1, 0.15) is 0 Å². The van der Waals surface area contributed by atoms with Crippen LogP contribution in [0.25, 0.3) is 11.3 Å². The molecule has 2 aliphatic rings. The van der Waals surface area contributed by atoms with E-state index in [0.717, 1.165) is 5.56 Å². The van der Waals surface area contributed by atoms with Gasteiger partial charge in [0.2, 0.25) is 22.7 Å². The van der Waals surface area contributed by atoms with E-state index in [9.17, 15) is 13.2 Å². The van der Waals surface area contributed by atoms with Gasteiger partial charge in [-0.25, -0.2) is 13.4 Å². The summed E-state index contributed by atoms with van der Waals surface area (Å²) in [5.74, 6) is 0.657. The zero-order valence-corrected chi connectivity index (χ0v) is 19.8. The van der Waals surface area contributed by atoms with Gasteiger partial charge in [-0.2, -0.15) is 4.31 Å². The second-order valence-corrected chi connectivity index (χ2v) is 11.0. The Hall–Kier alpha value is -2.66. The van der Waals surface area contributed by atoms with Gasteiger partial charge in [-0.3, -0.25) is 4.79 Å². The number of anilines is 1. The summed E-state index contributed by atoms with van der Waals surface area (Å²) < 4.78 is 38.1. The summed E-state index contributed by atoms with van der Waals surface area (Å²) in [6.45, 7) is 0.695. The second-order valence-electron chi connectivity index (χ2n) is 7.75. The highest BCUT2D eigenvalue weighted by molar-refractivity contribution is 7.89. The lowest BCUT2D eigenvalue weighted by atomic mass is 9.99. The van der Waals surface area contributed by atoms with Crippen molar-refractivity contribution in [2.75, 3.05) is 25.2 Å². The number of hydrogen-bond acceptors (Lipinski definition) is 7. The van der Waals surface area contributed by atoms with Crippen molar-refractivity contribution in [2.45, 2.75) is 17.7 Å². The largest absolute Gasteiger partial charge is 0.454 e. The lowest BCUT2D eigenvalue weighted by Gasteiger charge is -2.31. The molecule has 0 spiro atoms. The number of benzene rings is 2. The lowest BCUT2D eigenvalue weighted by Crippen LogP contribution is -2.43. The molecule has 5 rings (SSSR count). The van der Waals surface area contributed by atoms with Crippen LogP contribution in [0.1, 0.15) is 12.8 Å². The molecule has 33 heavy (non-hydrogen) atoms. The minimum atomic E-state index is -3.70. The third-order valence-corrected chi connectivity index (χ3v) is 8.50. The first kappa shape index (κ1) is 22.1. The van der Waals surface area contributed by atoms with E-state index in [-0.39, 0.29) is 24.1 Å². The molecule has 11 heteroatoms. The molecule has 0 aliphatic carbocycles. The normalized spacial score (nSPS) is 18.3. The molecule has 1 unspecified atom stereocenters. The maximum absolute atomic E-state index is 13.0. The third kappa shape index (κ3) is 4.56. The fraction of sp³-hybridized carbons (Fsp3) is 0.273. The Bertz CT molecular complexity index is 1290. The Balaban J connectivity index is 1.26. The van der Waals surface area contributed by atoms with Crippen LogP contribution in [0.2, 0.25) is 5.02 Å². The second kappa shape index (κ2) is 8.94. The van der Waals surface area contributed by atoms with Crippen LogP contribution in [0, 0.1) is 5.92 Å². The summed E-state index contributed by atoms with van der Waals surface area (Å²) in [4.78, 5) is 17.6. The molecule has 1 N–H and O–H groups in total. The Morgan fingerprint density at radius 3 is 2.76 bits per heavy atom. The number of nitrogens with one attached hydrogen (secondary N) is 1. The summed E-state index contributed by atoms with van der Waals surface area (Å²) in [6, 6.07) is 11.6. The summed E-state index contributed by atoms with van der Waals surface area (Å²) in [5.41, 5.74) is 1.57. The molecule has 0 saturated carbocycles. The van der Waals surface area contributed by atoms with E-state index in [1.165, 1.54) is 27.8 Å². The third-order valence-electron chi connectivity index (χ3n) is 5.61. The number of halogens is 1. The number of thiazole rings is 1. The number of carbonyl (C=O) groups is 1. The summed E-state index contributed by atoms with van der Waals surface area (Å²) >= 11 is 7.19. The Labute approximate surface area is 200 Å². The zero-order valence-electron chi connectivity index (χ0n) is 17.4. The predicted octanol–water partition coefficient (Wildman–Crippen LogP) is 4.23. The van der Waals surface area contributed by atoms with Gasteiger partial charge >= 0.3 is 0 Å². The predicted molar refractivity (Wildman–Crippen MR) is 125 cm³/mol. The van der Waals surface area contributed by atoms with Crippen LogP contribution in [0.4, 0.5) is 5.13 Å². The van der Waals surface area contributed by atoms with Crippen LogP contribution in [-0.4, -0.2) is 43.5 Å². The quantitative estimate of drug-likeness (QED) is 0.557. The number of carbonyl (C=O) groups excluding carboxylic acids is 1. The molecule has 3 heterocycles. The van der Waals surface area contributed by atoms with Gasteiger partial charge in [-0.15, -0.1) is 11.3 Å². The maximum atomic E-state index is 13.0. The SMILES string of the molecule is O=C(Nc1nc(-c2ccc3c(c2)OCO3)cs1)C1CCCN(S(=O)(=O)c2ccc(Cl)cc2)C1. The van der Waals surface area contributed by atoms with E-state index in [1.807, 2.05) is 23.6 Å². The van der Waals surface area contributed by atoms with Crippen molar-refractivity contribution in [3.8, 4) is 22.8 Å². The van der Waals surface area contributed by atoms with Gasteiger partial charge in [0, 0.05) is 29.1 Å². The molecule has 1 aromatic heterocycles. The molecule has 0 bridgehead atoms. The fourth-order valence-corrected chi connectivity index (χ4v) is 6.23. The van der Waals surface area contributed by atoms with Crippen LogP contribution < -0.4 is 14.8 Å². The summed E-state index contributed by atoms with van der Waals surface area (Å²) in [5, 5.41) is 5.63. The highest BCUT2D eigenvalue weighted by Gasteiger charge is 2.33. The molecule has 3 aromatic rings. The average molecular weight is 506 g/mol. The van der Waals surface area contributed by atoms with Gasteiger partial charge in [0.25, 0.3) is 0 Å². The molecule has 1 saturated heterocycles. The molecular formula is C22H20ClN3O5S2. The molecule has 1 fully saturated rings. The molecule has 172 valence electrons. The van der Waals surface area contributed by atoms with E-state index in [1.54, 1.807) is 12.1 Å². The van der Waals surface area contributed by atoms with Crippen molar-refractivity contribution >= 4 is 44.0 Å². The van der Waals surface area contributed by atoms with Crippen LogP contribution >= 0.6 is 22.9 Å². The topological polar surface area (TPSA) is 97.8 Å². The van der Waals surface area contributed by atoms with Crippen LogP contribution in [-0.2, 0) is 14.8 Å². The van der Waals surface area contributed by atoms with E-state index in [2.05, 4.69) is 10.3 Å². The number of sulfonamides is 1. The zero-order chi connectivity index (χ0) is 23.0. The van der Waals surface area contributed by atoms with Crippen molar-refractivity contribution in [3.05, 3.63) is 52.9 Å².